The van der Waals surface area contributed by atoms with Crippen LogP contribution in [0.3, 0.4) is 0 Å². The summed E-state index contributed by atoms with van der Waals surface area (Å²) in [5, 5.41) is 27.9. The van der Waals surface area contributed by atoms with Gasteiger partial charge in [0.1, 0.15) is 0 Å². The van der Waals surface area contributed by atoms with Gasteiger partial charge in [-0.05, 0) is 0 Å². The van der Waals surface area contributed by atoms with Gasteiger partial charge in [-0.15, -0.1) is 0 Å². The second kappa shape index (κ2) is 37.5. The smallest absolute Gasteiger partial charge is 0.450 e. The Balaban J connectivity index is -0.00000000800. The minimum Gasteiger partial charge on any atom is -0.450 e. The van der Waals surface area contributed by atoms with Gasteiger partial charge in [-0.2, -0.15) is 0 Å². The predicted octanol–water partition coefficient (Wildman–Crippen LogP) is -2.35. The van der Waals surface area contributed by atoms with E-state index < -0.39 is 12.3 Å². The molecule has 0 spiro atoms. The van der Waals surface area contributed by atoms with Crippen LogP contribution in [0.5, 0.6) is 0 Å². The fraction of sp³-hybridized carbons (Fsp3) is 0. The molecule has 0 bridgehead atoms. The van der Waals surface area contributed by atoms with Crippen molar-refractivity contribution in [1.82, 2.24) is 0 Å². The van der Waals surface area contributed by atoms with Gasteiger partial charge in [0.25, 0.3) is 0 Å². The molecule has 0 amide bonds. The van der Waals surface area contributed by atoms with Crippen molar-refractivity contribution in [2.45, 2.75) is 0 Å². The Morgan fingerprint density at radius 1 is 0.615 bits per heavy atom. The molecule has 0 aromatic carbocycles. The largest absolute Gasteiger partial charge is 0.503 e. The molecule has 13 heavy (non-hydrogen) atoms. The van der Waals surface area contributed by atoms with Gasteiger partial charge >= 0.3 is 12.3 Å². The van der Waals surface area contributed by atoms with Gasteiger partial charge in [-0.3, -0.25) is 0 Å². The van der Waals surface area contributed by atoms with Crippen LogP contribution in [0, 0.1) is 0 Å². The van der Waals surface area contributed by atoms with Crippen molar-refractivity contribution in [3.05, 3.63) is 0 Å². The zero-order chi connectivity index (χ0) is 7.15. The molecule has 0 aromatic heterocycles. The third kappa shape index (κ3) is 829. The van der Waals surface area contributed by atoms with E-state index in [0.717, 1.165) is 0 Å². The van der Waals surface area contributed by atoms with Gasteiger partial charge in [0.2, 0.25) is 0 Å². The summed E-state index contributed by atoms with van der Waals surface area (Å²) in [5.74, 6) is 0. The minimum atomic E-state index is -1.83. The number of carboxylic acid groups (broad SMARTS) is 4. The fourth-order valence-corrected chi connectivity index (χ4v) is 0. The molecule has 67 valence electrons. The van der Waals surface area contributed by atoms with E-state index in [-0.39, 0.29) is 99.6 Å². The maximum atomic E-state index is 8.56. The molecule has 3 radical (unpaired) electrons. The first kappa shape index (κ1) is 47.1. The quantitative estimate of drug-likeness (QED) is 0.337. The first-order valence-electron chi connectivity index (χ1n) is 1.30. The summed E-state index contributed by atoms with van der Waals surface area (Å²) in [7, 11) is 0. The van der Waals surface area contributed by atoms with E-state index in [1.807, 2.05) is 0 Å². The molecule has 0 aromatic rings. The molecule has 8 nitrogen and oxygen atoms in total. The van der Waals surface area contributed by atoms with Crippen LogP contribution in [0.4, 0.5) is 9.59 Å². The van der Waals surface area contributed by atoms with E-state index in [9.17, 15) is 0 Å². The molecule has 0 saturated carbocycles. The van der Waals surface area contributed by atoms with Crippen LogP contribution in [0.2, 0.25) is 0 Å². The molecule has 0 aliphatic carbocycles. The van der Waals surface area contributed by atoms with E-state index in [2.05, 4.69) is 0 Å². The van der Waals surface area contributed by atoms with Crippen molar-refractivity contribution in [2.24, 2.45) is 0 Å². The van der Waals surface area contributed by atoms with Gasteiger partial charge in [-0.25, -0.2) is 9.59 Å². The summed E-state index contributed by atoms with van der Waals surface area (Å²) in [6.07, 6.45) is -3.67. The molecule has 0 heterocycles. The summed E-state index contributed by atoms with van der Waals surface area (Å²) >= 11 is 0. The van der Waals surface area contributed by atoms with Crippen LogP contribution < -0.4 is 0 Å². The first-order valence-corrected chi connectivity index (χ1v) is 1.30. The van der Waals surface area contributed by atoms with Crippen LogP contribution in [0.15, 0.2) is 0 Å². The van der Waals surface area contributed by atoms with Crippen molar-refractivity contribution in [3.63, 3.8) is 0 Å². The monoisotopic (exact) mass is 229 g/mol. The van der Waals surface area contributed by atoms with E-state index in [1.165, 1.54) is 0 Å². The van der Waals surface area contributed by atoms with Crippen LogP contribution in [-0.2, 0) is 0 Å². The average Bonchev–Trinajstić information content (AvgIpc) is 1.25. The first-order chi connectivity index (χ1) is 3.46. The molecule has 0 fully saturated rings. The molecule has 0 saturated heterocycles. The second-order valence-electron chi connectivity index (χ2n) is 0.565. The van der Waals surface area contributed by atoms with Gasteiger partial charge < -0.3 is 31.4 Å². The van der Waals surface area contributed by atoms with E-state index in [4.69, 9.17) is 30.0 Å². The fourth-order valence-electron chi connectivity index (χ4n) is 0. The average molecular weight is 229 g/mol. The Morgan fingerprint density at radius 2 is 0.615 bits per heavy atom. The Labute approximate surface area is 140 Å². The maximum Gasteiger partial charge on any atom is 0.503 e. The standard InChI is InChI=1S/2CH2O3.3Na.2H2O/c2*2-1(3)4;;;;;/h2*(H2,2,3,4);;;;2*1H2. The second-order valence-corrected chi connectivity index (χ2v) is 0.565. The summed E-state index contributed by atoms with van der Waals surface area (Å²) in [5.41, 5.74) is 0. The van der Waals surface area contributed by atoms with Crippen LogP contribution in [-0.4, -0.2) is 132 Å². The molecule has 0 aliphatic rings. The number of carbonyl (C=O) groups is 2. The van der Waals surface area contributed by atoms with Crippen molar-refractivity contribution in [3.8, 4) is 0 Å². The van der Waals surface area contributed by atoms with Crippen molar-refractivity contribution >= 4 is 101 Å². The van der Waals surface area contributed by atoms with Crippen LogP contribution >= 0.6 is 0 Å². The predicted molar refractivity (Wildman–Crippen MR) is 45.8 cm³/mol. The number of rotatable bonds is 0. The number of hydrogen-bond acceptors (Lipinski definition) is 2. The molecule has 0 rings (SSSR count). The SMILES string of the molecule is O.O.O=C(O)O.O=C(O)O.[Na].[Na].[Na]. The third-order valence-corrected chi connectivity index (χ3v) is 0. The molecule has 11 heteroatoms. The normalized spacial score (nSPS) is 3.69. The van der Waals surface area contributed by atoms with Gasteiger partial charge in [0, 0.05) is 88.7 Å². The Morgan fingerprint density at radius 3 is 0.615 bits per heavy atom. The Kier molecular flexibility index (Phi) is 136. The molecule has 8 N–H and O–H groups in total. The molecule has 0 aliphatic heterocycles. The van der Waals surface area contributed by atoms with Crippen LogP contribution in [0.1, 0.15) is 0 Å². The van der Waals surface area contributed by atoms with E-state index >= 15 is 0 Å². The maximum absolute atomic E-state index is 8.56. The summed E-state index contributed by atoms with van der Waals surface area (Å²) in [6.45, 7) is 0. The van der Waals surface area contributed by atoms with E-state index in [0.29, 0.717) is 0 Å². The summed E-state index contributed by atoms with van der Waals surface area (Å²) < 4.78 is 0. The van der Waals surface area contributed by atoms with E-state index in [1.54, 1.807) is 0 Å². The van der Waals surface area contributed by atoms with Crippen molar-refractivity contribution in [1.29, 1.82) is 0 Å². The summed E-state index contributed by atoms with van der Waals surface area (Å²) in [6, 6.07) is 0. The van der Waals surface area contributed by atoms with Crippen molar-refractivity contribution < 1.29 is 41.0 Å². The number of hydrogen-bond donors (Lipinski definition) is 4. The molecule has 0 atom stereocenters. The van der Waals surface area contributed by atoms with Gasteiger partial charge in [-0.1, -0.05) is 0 Å². The topological polar surface area (TPSA) is 178 Å². The van der Waals surface area contributed by atoms with Crippen LogP contribution in [0.25, 0.3) is 0 Å². The Bertz CT molecular complexity index is 75.4. The zero-order valence-electron chi connectivity index (χ0n) is 7.61. The third-order valence-electron chi connectivity index (χ3n) is 0. The van der Waals surface area contributed by atoms with Crippen molar-refractivity contribution in [2.75, 3.05) is 0 Å². The summed E-state index contributed by atoms with van der Waals surface area (Å²) in [4.78, 5) is 17.1. The zero-order valence-corrected chi connectivity index (χ0v) is 13.6. The Hall–Kier alpha value is 1.46. The molecule has 0 unspecified atom stereocenters. The molecular formula is C2H8Na3O8. The molecular weight excluding hydrogens is 221 g/mol. The minimum absolute atomic E-state index is 0. The van der Waals surface area contributed by atoms with Gasteiger partial charge in [0.15, 0.2) is 0 Å². The van der Waals surface area contributed by atoms with Gasteiger partial charge in [0.05, 0.1) is 0 Å².